The normalized spacial score (nSPS) is 18.1. The number of hydrogen-bond donors (Lipinski definition) is 1. The van der Waals surface area contributed by atoms with Gasteiger partial charge in [-0.05, 0) is 22.9 Å². The first-order valence-corrected chi connectivity index (χ1v) is 9.36. The molecule has 0 bridgehead atoms. The summed E-state index contributed by atoms with van der Waals surface area (Å²) in [4.78, 5) is 27.9. The molecule has 5 rings (SSSR count). The molecule has 4 heteroatoms. The van der Waals surface area contributed by atoms with E-state index in [0.717, 1.165) is 10.3 Å². The predicted molar refractivity (Wildman–Crippen MR) is 110 cm³/mol. The third-order valence-electron chi connectivity index (χ3n) is 5.45. The van der Waals surface area contributed by atoms with Crippen molar-refractivity contribution < 1.29 is 14.7 Å². The van der Waals surface area contributed by atoms with Crippen molar-refractivity contribution in [1.29, 1.82) is 0 Å². The van der Waals surface area contributed by atoms with Crippen LogP contribution in [0.15, 0.2) is 97.1 Å². The third-order valence-corrected chi connectivity index (χ3v) is 5.45. The molecular weight excluding hydrogens is 362 g/mol. The first-order chi connectivity index (χ1) is 14.1. The van der Waals surface area contributed by atoms with Gasteiger partial charge in [0.25, 0.3) is 11.8 Å². The molecule has 1 aliphatic heterocycles. The molecule has 0 radical (unpaired) electrons. The molecule has 1 N–H and O–H groups in total. The minimum Gasteiger partial charge on any atom is -0.363 e. The van der Waals surface area contributed by atoms with Gasteiger partial charge in [0, 0.05) is 16.7 Å². The molecule has 0 spiro atoms. The zero-order valence-electron chi connectivity index (χ0n) is 15.4. The van der Waals surface area contributed by atoms with Crippen LogP contribution in [-0.4, -0.2) is 21.8 Å². The molecule has 2 amide bonds. The van der Waals surface area contributed by atoms with Gasteiger partial charge in [-0.1, -0.05) is 84.9 Å². The Morgan fingerprint density at radius 2 is 1.38 bits per heavy atom. The lowest BCUT2D eigenvalue weighted by Crippen LogP contribution is -2.48. The number of benzene rings is 4. The van der Waals surface area contributed by atoms with Gasteiger partial charge in [0.2, 0.25) is 5.72 Å². The topological polar surface area (TPSA) is 57.6 Å². The van der Waals surface area contributed by atoms with Gasteiger partial charge in [0.05, 0.1) is 5.56 Å². The van der Waals surface area contributed by atoms with E-state index in [9.17, 15) is 14.7 Å². The minimum absolute atomic E-state index is 0.340. The van der Waals surface area contributed by atoms with Crippen LogP contribution in [0.5, 0.6) is 0 Å². The Kier molecular flexibility index (Phi) is 3.83. The van der Waals surface area contributed by atoms with Crippen LogP contribution in [0, 0.1) is 0 Å². The fourth-order valence-electron chi connectivity index (χ4n) is 4.08. The molecule has 0 fully saturated rings. The Bertz CT molecular complexity index is 1250. The number of carbonyl (C=O) groups excluding carboxylic acids is 2. The zero-order valence-corrected chi connectivity index (χ0v) is 15.4. The van der Waals surface area contributed by atoms with Crippen LogP contribution in [-0.2, 0) is 5.72 Å². The Hall–Kier alpha value is -3.76. The highest BCUT2D eigenvalue weighted by Gasteiger charge is 2.53. The lowest BCUT2D eigenvalue weighted by atomic mass is 9.91. The van der Waals surface area contributed by atoms with Crippen LogP contribution in [0.3, 0.4) is 0 Å². The van der Waals surface area contributed by atoms with Gasteiger partial charge in [0.15, 0.2) is 0 Å². The molecule has 1 aliphatic rings. The zero-order chi connectivity index (χ0) is 20.0. The Balaban J connectivity index is 1.81. The first kappa shape index (κ1) is 17.3. The second-order valence-electron chi connectivity index (χ2n) is 7.06. The van der Waals surface area contributed by atoms with E-state index in [1.54, 1.807) is 60.7 Å². The van der Waals surface area contributed by atoms with Crippen molar-refractivity contribution in [3.05, 3.63) is 119 Å². The van der Waals surface area contributed by atoms with Crippen molar-refractivity contribution in [2.75, 3.05) is 0 Å². The molecule has 4 aromatic rings. The van der Waals surface area contributed by atoms with Crippen LogP contribution >= 0.6 is 0 Å². The fraction of sp³-hybridized carbons (Fsp3) is 0.0400. The smallest absolute Gasteiger partial charge is 0.264 e. The maximum Gasteiger partial charge on any atom is 0.264 e. The van der Waals surface area contributed by atoms with Crippen molar-refractivity contribution in [2.24, 2.45) is 0 Å². The van der Waals surface area contributed by atoms with Gasteiger partial charge in [-0.15, -0.1) is 0 Å². The van der Waals surface area contributed by atoms with Crippen LogP contribution in [0.4, 0.5) is 0 Å². The number of aliphatic hydroxyl groups is 1. The number of nitrogens with zero attached hydrogens (tertiary/aromatic N) is 1. The van der Waals surface area contributed by atoms with Crippen LogP contribution in [0.1, 0.15) is 31.8 Å². The lowest BCUT2D eigenvalue weighted by molar-refractivity contribution is -0.0362. The maximum absolute atomic E-state index is 13.6. The van der Waals surface area contributed by atoms with E-state index in [1.807, 2.05) is 36.4 Å². The van der Waals surface area contributed by atoms with E-state index >= 15 is 0 Å². The second-order valence-corrected chi connectivity index (χ2v) is 7.06. The molecule has 1 atom stereocenters. The van der Waals surface area contributed by atoms with E-state index in [2.05, 4.69) is 0 Å². The Morgan fingerprint density at radius 3 is 2.10 bits per heavy atom. The SMILES string of the molecule is O=C(c1ccccc1)N1C(=O)c2c(ccc3ccccc23)C1(O)c1ccccc1. The highest BCUT2D eigenvalue weighted by Crippen LogP contribution is 2.45. The van der Waals surface area contributed by atoms with Crippen molar-refractivity contribution in [3.63, 3.8) is 0 Å². The maximum atomic E-state index is 13.6. The summed E-state index contributed by atoms with van der Waals surface area (Å²) in [6.45, 7) is 0. The predicted octanol–water partition coefficient (Wildman–Crippen LogP) is 4.33. The Morgan fingerprint density at radius 1 is 0.759 bits per heavy atom. The average Bonchev–Trinajstić information content (AvgIpc) is 3.02. The van der Waals surface area contributed by atoms with Gasteiger partial charge in [-0.2, -0.15) is 0 Å². The van der Waals surface area contributed by atoms with Gasteiger partial charge >= 0.3 is 0 Å². The summed E-state index contributed by atoms with van der Waals surface area (Å²) in [6, 6.07) is 28.5. The molecule has 4 nitrogen and oxygen atoms in total. The van der Waals surface area contributed by atoms with E-state index in [0.29, 0.717) is 27.6 Å². The largest absolute Gasteiger partial charge is 0.363 e. The van der Waals surface area contributed by atoms with Crippen molar-refractivity contribution in [3.8, 4) is 0 Å². The van der Waals surface area contributed by atoms with E-state index in [-0.39, 0.29) is 0 Å². The van der Waals surface area contributed by atoms with Crippen molar-refractivity contribution in [1.82, 2.24) is 4.90 Å². The summed E-state index contributed by atoms with van der Waals surface area (Å²) >= 11 is 0. The molecule has 0 saturated heterocycles. The summed E-state index contributed by atoms with van der Waals surface area (Å²) in [6.07, 6.45) is 0. The van der Waals surface area contributed by atoms with E-state index < -0.39 is 17.5 Å². The molecule has 4 aromatic carbocycles. The number of carbonyl (C=O) groups is 2. The number of imide groups is 1. The van der Waals surface area contributed by atoms with Gasteiger partial charge < -0.3 is 5.11 Å². The van der Waals surface area contributed by atoms with E-state index in [1.165, 1.54) is 0 Å². The number of hydrogen-bond acceptors (Lipinski definition) is 3. The van der Waals surface area contributed by atoms with E-state index in [4.69, 9.17) is 0 Å². The molecule has 1 heterocycles. The summed E-state index contributed by atoms with van der Waals surface area (Å²) < 4.78 is 0. The summed E-state index contributed by atoms with van der Waals surface area (Å²) in [5.74, 6) is -1.04. The summed E-state index contributed by atoms with van der Waals surface area (Å²) in [5.41, 5.74) is -0.306. The monoisotopic (exact) mass is 379 g/mol. The fourth-order valence-corrected chi connectivity index (χ4v) is 4.08. The molecule has 0 saturated carbocycles. The quantitative estimate of drug-likeness (QED) is 0.528. The number of rotatable bonds is 2. The highest BCUT2D eigenvalue weighted by atomic mass is 16.3. The van der Waals surface area contributed by atoms with Crippen LogP contribution in [0.2, 0.25) is 0 Å². The minimum atomic E-state index is -1.88. The third kappa shape index (κ3) is 2.43. The lowest BCUT2D eigenvalue weighted by Gasteiger charge is -2.33. The van der Waals surface area contributed by atoms with Crippen LogP contribution in [0.25, 0.3) is 10.8 Å². The standard InChI is InChI=1S/C25H17NO3/c27-23(18-10-3-1-4-11-18)26-24(28)22-20-14-8-7-9-17(20)15-16-21(22)25(26,29)19-12-5-2-6-13-19/h1-16,29H. The second kappa shape index (κ2) is 6.40. The summed E-state index contributed by atoms with van der Waals surface area (Å²) in [7, 11) is 0. The molecule has 1 unspecified atom stereocenters. The van der Waals surface area contributed by atoms with Crippen molar-refractivity contribution in [2.45, 2.75) is 5.72 Å². The summed E-state index contributed by atoms with van der Waals surface area (Å²) in [5, 5.41) is 13.5. The molecule has 0 aromatic heterocycles. The highest BCUT2D eigenvalue weighted by molar-refractivity contribution is 6.19. The van der Waals surface area contributed by atoms with Gasteiger partial charge in [-0.3, -0.25) is 9.59 Å². The van der Waals surface area contributed by atoms with Gasteiger partial charge in [-0.25, -0.2) is 4.90 Å². The molecule has 0 aliphatic carbocycles. The average molecular weight is 379 g/mol. The Labute approximate surface area is 167 Å². The van der Waals surface area contributed by atoms with Crippen molar-refractivity contribution >= 4 is 22.6 Å². The van der Waals surface area contributed by atoms with Crippen LogP contribution < -0.4 is 0 Å². The molecule has 29 heavy (non-hydrogen) atoms. The number of amides is 2. The van der Waals surface area contributed by atoms with Gasteiger partial charge in [0.1, 0.15) is 0 Å². The first-order valence-electron chi connectivity index (χ1n) is 9.36. The molecular formula is C25H17NO3. The number of fused-ring (bicyclic) bond motifs is 3. The molecule has 140 valence electrons.